The summed E-state index contributed by atoms with van der Waals surface area (Å²) in [6.07, 6.45) is 7.93. The lowest BCUT2D eigenvalue weighted by Crippen LogP contribution is -2.37. The summed E-state index contributed by atoms with van der Waals surface area (Å²) in [5.74, 6) is 6.60. The summed E-state index contributed by atoms with van der Waals surface area (Å²) in [6.45, 7) is 2.89. The van der Waals surface area contributed by atoms with Gasteiger partial charge in [0, 0.05) is 31.4 Å². The number of rotatable bonds is 7. The van der Waals surface area contributed by atoms with Gasteiger partial charge in [0.15, 0.2) is 0 Å². The summed E-state index contributed by atoms with van der Waals surface area (Å²) in [4.78, 5) is 8.29. The van der Waals surface area contributed by atoms with Crippen LogP contribution in [0.3, 0.4) is 0 Å². The van der Waals surface area contributed by atoms with Crippen LogP contribution in [0.5, 0.6) is 0 Å². The SMILES string of the molecule is CCn1ncnc1CC(CCc1ccncc1)NN. The number of aromatic nitrogens is 4. The highest BCUT2D eigenvalue weighted by Gasteiger charge is 2.12. The van der Waals surface area contributed by atoms with Crippen molar-refractivity contribution in [3.63, 3.8) is 0 Å². The van der Waals surface area contributed by atoms with Gasteiger partial charge in [-0.2, -0.15) is 5.10 Å². The Morgan fingerprint density at radius 2 is 2.16 bits per heavy atom. The van der Waals surface area contributed by atoms with Crippen LogP contribution in [-0.2, 0) is 19.4 Å². The van der Waals surface area contributed by atoms with E-state index in [2.05, 4.69) is 27.4 Å². The Kier molecular flexibility index (Phi) is 5.00. The van der Waals surface area contributed by atoms with Crippen LogP contribution >= 0.6 is 0 Å². The minimum Gasteiger partial charge on any atom is -0.271 e. The molecular formula is C13H20N6. The lowest BCUT2D eigenvalue weighted by Gasteiger charge is -2.15. The van der Waals surface area contributed by atoms with Gasteiger partial charge >= 0.3 is 0 Å². The fraction of sp³-hybridized carbons (Fsp3) is 0.462. The third-order valence-electron chi connectivity index (χ3n) is 3.19. The molecule has 0 fully saturated rings. The zero-order valence-electron chi connectivity index (χ0n) is 11.2. The normalized spacial score (nSPS) is 12.5. The van der Waals surface area contributed by atoms with E-state index >= 15 is 0 Å². The number of pyridine rings is 1. The van der Waals surface area contributed by atoms with Crippen molar-refractivity contribution in [2.24, 2.45) is 5.84 Å². The van der Waals surface area contributed by atoms with Crippen molar-refractivity contribution in [3.05, 3.63) is 42.2 Å². The van der Waals surface area contributed by atoms with Gasteiger partial charge in [0.25, 0.3) is 0 Å². The number of hydrogen-bond donors (Lipinski definition) is 2. The molecule has 0 radical (unpaired) electrons. The zero-order valence-corrected chi connectivity index (χ0v) is 11.2. The van der Waals surface area contributed by atoms with Gasteiger partial charge in [-0.3, -0.25) is 20.9 Å². The molecule has 6 nitrogen and oxygen atoms in total. The van der Waals surface area contributed by atoms with Crippen LogP contribution in [0.4, 0.5) is 0 Å². The van der Waals surface area contributed by atoms with Gasteiger partial charge in [-0.25, -0.2) is 4.98 Å². The first-order valence-corrected chi connectivity index (χ1v) is 6.55. The smallest absolute Gasteiger partial charge is 0.138 e. The number of nitrogens with one attached hydrogen (secondary N) is 1. The Hall–Kier alpha value is -1.79. The highest BCUT2D eigenvalue weighted by atomic mass is 15.3. The second kappa shape index (κ2) is 6.96. The molecule has 19 heavy (non-hydrogen) atoms. The van der Waals surface area contributed by atoms with Crippen molar-refractivity contribution >= 4 is 0 Å². The summed E-state index contributed by atoms with van der Waals surface area (Å²) >= 11 is 0. The predicted molar refractivity (Wildman–Crippen MR) is 73.1 cm³/mol. The monoisotopic (exact) mass is 260 g/mol. The molecule has 0 aliphatic carbocycles. The number of aryl methyl sites for hydroxylation is 2. The van der Waals surface area contributed by atoms with Gasteiger partial charge in [0.05, 0.1) is 0 Å². The molecule has 2 rings (SSSR count). The minimum atomic E-state index is 0.197. The van der Waals surface area contributed by atoms with Crippen molar-refractivity contribution in [1.29, 1.82) is 0 Å². The van der Waals surface area contributed by atoms with Crippen LogP contribution in [0.15, 0.2) is 30.9 Å². The summed E-state index contributed by atoms with van der Waals surface area (Å²) in [5, 5.41) is 4.17. The van der Waals surface area contributed by atoms with Crippen LogP contribution < -0.4 is 11.3 Å². The first-order chi connectivity index (χ1) is 9.33. The largest absolute Gasteiger partial charge is 0.271 e. The summed E-state index contributed by atoms with van der Waals surface area (Å²) < 4.78 is 1.90. The highest BCUT2D eigenvalue weighted by molar-refractivity contribution is 5.10. The van der Waals surface area contributed by atoms with Crippen LogP contribution in [0.1, 0.15) is 24.7 Å². The van der Waals surface area contributed by atoms with Gasteiger partial charge in [0.1, 0.15) is 12.2 Å². The molecule has 2 aromatic heterocycles. The molecule has 3 N–H and O–H groups in total. The molecule has 0 amide bonds. The second-order valence-electron chi connectivity index (χ2n) is 4.45. The van der Waals surface area contributed by atoms with E-state index in [0.717, 1.165) is 31.6 Å². The minimum absolute atomic E-state index is 0.197. The quantitative estimate of drug-likeness (QED) is 0.566. The molecule has 2 heterocycles. The topological polar surface area (TPSA) is 81.7 Å². The van der Waals surface area contributed by atoms with Gasteiger partial charge < -0.3 is 0 Å². The Morgan fingerprint density at radius 3 is 2.84 bits per heavy atom. The molecule has 0 aromatic carbocycles. The molecule has 1 unspecified atom stereocenters. The first-order valence-electron chi connectivity index (χ1n) is 6.55. The Balaban J connectivity index is 1.90. The van der Waals surface area contributed by atoms with Crippen molar-refractivity contribution in [2.75, 3.05) is 0 Å². The van der Waals surface area contributed by atoms with E-state index in [9.17, 15) is 0 Å². The number of nitrogens with two attached hydrogens (primary N) is 1. The van der Waals surface area contributed by atoms with E-state index < -0.39 is 0 Å². The molecule has 0 saturated carbocycles. The fourth-order valence-electron chi connectivity index (χ4n) is 2.07. The molecule has 2 aromatic rings. The molecule has 0 aliphatic rings. The van der Waals surface area contributed by atoms with Crippen molar-refractivity contribution < 1.29 is 0 Å². The molecule has 6 heteroatoms. The van der Waals surface area contributed by atoms with Crippen molar-refractivity contribution in [3.8, 4) is 0 Å². The molecule has 0 saturated heterocycles. The van der Waals surface area contributed by atoms with Gasteiger partial charge in [-0.15, -0.1) is 0 Å². The van der Waals surface area contributed by atoms with Gasteiger partial charge in [-0.05, 0) is 37.5 Å². The third-order valence-corrected chi connectivity index (χ3v) is 3.19. The molecule has 0 bridgehead atoms. The van der Waals surface area contributed by atoms with E-state index in [1.54, 1.807) is 6.33 Å². The van der Waals surface area contributed by atoms with Crippen LogP contribution in [0, 0.1) is 0 Å². The number of hydrogen-bond acceptors (Lipinski definition) is 5. The maximum absolute atomic E-state index is 5.63. The molecule has 1 atom stereocenters. The average Bonchev–Trinajstić information content (AvgIpc) is 2.91. The molecular weight excluding hydrogens is 240 g/mol. The molecule has 0 aliphatic heterocycles. The average molecular weight is 260 g/mol. The summed E-state index contributed by atoms with van der Waals surface area (Å²) in [5.41, 5.74) is 4.14. The lowest BCUT2D eigenvalue weighted by atomic mass is 10.0. The maximum Gasteiger partial charge on any atom is 0.138 e. The molecule has 0 spiro atoms. The lowest BCUT2D eigenvalue weighted by molar-refractivity contribution is 0.466. The van der Waals surface area contributed by atoms with Gasteiger partial charge in [-0.1, -0.05) is 0 Å². The Morgan fingerprint density at radius 1 is 1.37 bits per heavy atom. The van der Waals surface area contributed by atoms with Gasteiger partial charge in [0.2, 0.25) is 0 Å². The highest BCUT2D eigenvalue weighted by Crippen LogP contribution is 2.07. The van der Waals surface area contributed by atoms with E-state index in [1.807, 2.05) is 29.2 Å². The third kappa shape index (κ3) is 3.84. The fourth-order valence-corrected chi connectivity index (χ4v) is 2.07. The Bertz CT molecular complexity index is 481. The second-order valence-corrected chi connectivity index (χ2v) is 4.45. The van der Waals surface area contributed by atoms with Crippen LogP contribution in [0.25, 0.3) is 0 Å². The maximum atomic E-state index is 5.63. The standard InChI is InChI=1S/C13H20N6/c1-2-19-13(16-10-17-19)9-12(18-14)4-3-11-5-7-15-8-6-11/h5-8,10,12,18H,2-4,9,14H2,1H3. The van der Waals surface area contributed by atoms with Crippen molar-refractivity contribution in [1.82, 2.24) is 25.2 Å². The first kappa shape index (κ1) is 13.6. The predicted octanol–water partition coefficient (Wildman–Crippen LogP) is 0.700. The summed E-state index contributed by atoms with van der Waals surface area (Å²) in [7, 11) is 0. The van der Waals surface area contributed by atoms with E-state index in [0.29, 0.717) is 0 Å². The van der Waals surface area contributed by atoms with Crippen LogP contribution in [0.2, 0.25) is 0 Å². The number of nitrogens with zero attached hydrogens (tertiary/aromatic N) is 4. The summed E-state index contributed by atoms with van der Waals surface area (Å²) in [6, 6.07) is 4.26. The van der Waals surface area contributed by atoms with E-state index in [4.69, 9.17) is 5.84 Å². The molecule has 102 valence electrons. The van der Waals surface area contributed by atoms with Crippen LogP contribution in [-0.4, -0.2) is 25.8 Å². The van der Waals surface area contributed by atoms with Crippen molar-refractivity contribution in [2.45, 2.75) is 38.8 Å². The zero-order chi connectivity index (χ0) is 13.5. The number of hydrazine groups is 1. The Labute approximate surface area is 113 Å². The van der Waals surface area contributed by atoms with E-state index in [-0.39, 0.29) is 6.04 Å². The van der Waals surface area contributed by atoms with E-state index in [1.165, 1.54) is 5.56 Å².